The van der Waals surface area contributed by atoms with Gasteiger partial charge in [0.05, 0.1) is 10.6 Å². The number of hydrogen-bond acceptors (Lipinski definition) is 7. The largest absolute Gasteiger partial charge is 0.370 e. The summed E-state index contributed by atoms with van der Waals surface area (Å²) in [5, 5.41) is 17.2. The fourth-order valence-electron chi connectivity index (χ4n) is 4.84. The Balaban J connectivity index is 1.29. The van der Waals surface area contributed by atoms with Crippen molar-refractivity contribution in [1.29, 1.82) is 5.41 Å². The van der Waals surface area contributed by atoms with Gasteiger partial charge in [-0.15, -0.1) is 0 Å². The number of nitrogens with two attached hydrogens (primary N) is 1. The van der Waals surface area contributed by atoms with Gasteiger partial charge in [0.25, 0.3) is 0 Å². The van der Waals surface area contributed by atoms with Crippen LogP contribution in [0.3, 0.4) is 0 Å². The number of rotatable bonds is 11. The van der Waals surface area contributed by atoms with Crippen LogP contribution in [0.1, 0.15) is 24.8 Å². The maximum atomic E-state index is 13.0. The Morgan fingerprint density at radius 1 is 1.10 bits per heavy atom. The number of aromatic amines is 1. The van der Waals surface area contributed by atoms with E-state index in [1.54, 1.807) is 24.4 Å². The molecule has 1 aliphatic rings. The van der Waals surface area contributed by atoms with Gasteiger partial charge in [0.15, 0.2) is 5.96 Å². The quantitative estimate of drug-likeness (QED) is 0.0792. The zero-order valence-corrected chi connectivity index (χ0v) is 23.4. The normalized spacial score (nSPS) is 14.3. The molecule has 1 fully saturated rings. The molecular formula is C28H35N9O3S. The monoisotopic (exact) mass is 577 g/mol. The highest BCUT2D eigenvalue weighted by molar-refractivity contribution is 7.89. The average molecular weight is 578 g/mol. The van der Waals surface area contributed by atoms with Gasteiger partial charge in [-0.25, -0.2) is 17.9 Å². The third-order valence-electron chi connectivity index (χ3n) is 7.01. The number of benzene rings is 2. The number of aromatic nitrogens is 3. The van der Waals surface area contributed by atoms with Crippen molar-refractivity contribution in [3.05, 3.63) is 76.8 Å². The minimum Gasteiger partial charge on any atom is -0.370 e. The summed E-state index contributed by atoms with van der Waals surface area (Å²) in [7, 11) is -3.67. The molecule has 13 heteroatoms. The van der Waals surface area contributed by atoms with Crippen molar-refractivity contribution in [3.8, 4) is 16.9 Å². The number of fused-ring (bicyclic) bond motifs is 1. The highest BCUT2D eigenvalue weighted by Gasteiger charge is 2.22. The van der Waals surface area contributed by atoms with Crippen molar-refractivity contribution in [2.24, 2.45) is 5.73 Å². The van der Waals surface area contributed by atoms with Crippen LogP contribution in [0.15, 0.2) is 70.5 Å². The van der Waals surface area contributed by atoms with Crippen LogP contribution in [0.2, 0.25) is 0 Å². The van der Waals surface area contributed by atoms with Gasteiger partial charge in [-0.1, -0.05) is 24.3 Å². The van der Waals surface area contributed by atoms with Crippen LogP contribution in [0.4, 0.5) is 0 Å². The van der Waals surface area contributed by atoms with Crippen LogP contribution >= 0.6 is 0 Å². The van der Waals surface area contributed by atoms with E-state index in [0.29, 0.717) is 35.7 Å². The molecular weight excluding hydrogens is 542 g/mol. The van der Waals surface area contributed by atoms with Crippen molar-refractivity contribution >= 4 is 27.0 Å². The molecule has 5 rings (SSSR count). The van der Waals surface area contributed by atoms with Crippen molar-refractivity contribution in [3.63, 3.8) is 0 Å². The van der Waals surface area contributed by atoms with Gasteiger partial charge in [-0.05, 0) is 80.4 Å². The van der Waals surface area contributed by atoms with E-state index < -0.39 is 15.7 Å². The molecule has 0 bridgehead atoms. The molecule has 0 radical (unpaired) electrons. The van der Waals surface area contributed by atoms with Crippen molar-refractivity contribution in [2.75, 3.05) is 26.2 Å². The lowest BCUT2D eigenvalue weighted by molar-refractivity contribution is 0.427. The first-order valence-electron chi connectivity index (χ1n) is 13.6. The standard InChI is InChI=1S/C28H35N9O3S/c29-27(30)33-12-2-11-32-17-19-5-7-23(8-6-19)37-18-21-16-25(34-26(21)35-28(37)38)20-3-1-4-24(15-20)41(39,40)36-22-9-13-31-14-10-22/h1,3-8,15-16,18,22,31-32,36H,2,9-14,17H2,(H4,29,30,33)(H,34,35,38). The van der Waals surface area contributed by atoms with Gasteiger partial charge in [-0.2, -0.15) is 4.98 Å². The molecule has 0 aliphatic carbocycles. The summed E-state index contributed by atoms with van der Waals surface area (Å²) in [6.07, 6.45) is 4.09. The summed E-state index contributed by atoms with van der Waals surface area (Å²) in [6.45, 7) is 3.68. The fraction of sp³-hybridized carbons (Fsp3) is 0.321. The van der Waals surface area contributed by atoms with Crippen LogP contribution in [0, 0.1) is 5.41 Å². The second kappa shape index (κ2) is 12.6. The number of nitrogens with zero attached hydrogens (tertiary/aromatic N) is 2. The van der Waals surface area contributed by atoms with Crippen molar-refractivity contribution in [2.45, 2.75) is 36.7 Å². The molecule has 0 spiro atoms. The first-order chi connectivity index (χ1) is 19.8. The first kappa shape index (κ1) is 28.5. The predicted molar refractivity (Wildman–Crippen MR) is 160 cm³/mol. The lowest BCUT2D eigenvalue weighted by Gasteiger charge is -2.23. The molecule has 2 aromatic heterocycles. The molecule has 0 amide bonds. The van der Waals surface area contributed by atoms with Crippen molar-refractivity contribution < 1.29 is 8.42 Å². The van der Waals surface area contributed by atoms with E-state index in [-0.39, 0.29) is 16.9 Å². The molecule has 0 atom stereocenters. The third kappa shape index (κ3) is 7.19. The first-order valence-corrected chi connectivity index (χ1v) is 15.1. The number of sulfonamides is 1. The number of hydrogen-bond donors (Lipinski definition) is 7. The second-order valence-electron chi connectivity index (χ2n) is 10.1. The van der Waals surface area contributed by atoms with Gasteiger partial charge in [0, 0.05) is 36.4 Å². The lowest BCUT2D eigenvalue weighted by Crippen LogP contribution is -2.42. The molecule has 0 unspecified atom stereocenters. The van der Waals surface area contributed by atoms with E-state index in [4.69, 9.17) is 11.1 Å². The topological polar surface area (TPSA) is 183 Å². The fourth-order valence-corrected chi connectivity index (χ4v) is 6.19. The maximum absolute atomic E-state index is 13.0. The number of H-pyrrole nitrogens is 1. The SMILES string of the molecule is N=C(N)NCCCNCc1ccc(-n2cc3cc(-c4cccc(S(=O)(=O)NC5CCNCC5)c4)[nH]c3nc2=O)cc1. The minimum absolute atomic E-state index is 0.0279. The summed E-state index contributed by atoms with van der Waals surface area (Å²) in [4.78, 5) is 20.5. The van der Waals surface area contributed by atoms with E-state index in [9.17, 15) is 13.2 Å². The predicted octanol–water partition coefficient (Wildman–Crippen LogP) is 1.37. The third-order valence-corrected chi connectivity index (χ3v) is 8.53. The Hall–Kier alpha value is -4.04. The lowest BCUT2D eigenvalue weighted by atomic mass is 10.1. The van der Waals surface area contributed by atoms with Gasteiger partial charge >= 0.3 is 5.69 Å². The summed E-state index contributed by atoms with van der Waals surface area (Å²) in [6, 6.07) is 16.2. The molecule has 4 aromatic rings. The zero-order chi connectivity index (χ0) is 28.8. The molecule has 2 aromatic carbocycles. The molecule has 12 nitrogen and oxygen atoms in total. The zero-order valence-electron chi connectivity index (χ0n) is 22.6. The Morgan fingerprint density at radius 3 is 2.63 bits per heavy atom. The van der Waals surface area contributed by atoms with Crippen LogP contribution in [0.5, 0.6) is 0 Å². The van der Waals surface area contributed by atoms with Crippen LogP contribution < -0.4 is 32.1 Å². The molecule has 0 saturated carbocycles. The highest BCUT2D eigenvalue weighted by atomic mass is 32.2. The van der Waals surface area contributed by atoms with E-state index in [2.05, 4.69) is 30.6 Å². The molecule has 8 N–H and O–H groups in total. The smallest absolute Gasteiger partial charge is 0.354 e. The summed E-state index contributed by atoms with van der Waals surface area (Å²) in [5.74, 6) is -0.0279. The van der Waals surface area contributed by atoms with E-state index in [0.717, 1.165) is 49.8 Å². The van der Waals surface area contributed by atoms with Crippen LogP contribution in [0.25, 0.3) is 28.0 Å². The molecule has 1 aliphatic heterocycles. The number of guanidine groups is 1. The van der Waals surface area contributed by atoms with Gasteiger partial charge < -0.3 is 26.7 Å². The minimum atomic E-state index is -3.67. The van der Waals surface area contributed by atoms with Crippen molar-refractivity contribution in [1.82, 2.24) is 35.2 Å². The van der Waals surface area contributed by atoms with Gasteiger partial charge in [-0.3, -0.25) is 9.98 Å². The second-order valence-corrected chi connectivity index (χ2v) is 11.8. The van der Waals surface area contributed by atoms with Crippen LogP contribution in [-0.2, 0) is 16.6 Å². The van der Waals surface area contributed by atoms with E-state index in [1.807, 2.05) is 36.4 Å². The Labute approximate surface area is 238 Å². The molecule has 1 saturated heterocycles. The Bertz CT molecular complexity index is 1670. The van der Waals surface area contributed by atoms with Crippen LogP contribution in [-0.4, -0.2) is 61.1 Å². The molecule has 216 valence electrons. The molecule has 41 heavy (non-hydrogen) atoms. The highest BCUT2D eigenvalue weighted by Crippen LogP contribution is 2.25. The number of nitrogens with one attached hydrogen (secondary N) is 6. The van der Waals surface area contributed by atoms with Gasteiger partial charge in [0.2, 0.25) is 10.0 Å². The number of piperidine rings is 1. The van der Waals surface area contributed by atoms with E-state index >= 15 is 0 Å². The maximum Gasteiger partial charge on any atom is 0.354 e. The summed E-state index contributed by atoms with van der Waals surface area (Å²) < 4.78 is 30.4. The van der Waals surface area contributed by atoms with Gasteiger partial charge in [0.1, 0.15) is 5.65 Å². The average Bonchev–Trinajstić information content (AvgIpc) is 3.38. The van der Waals surface area contributed by atoms with E-state index in [1.165, 1.54) is 4.57 Å². The Kier molecular flexibility index (Phi) is 8.78. The Morgan fingerprint density at radius 2 is 1.88 bits per heavy atom. The summed E-state index contributed by atoms with van der Waals surface area (Å²) >= 11 is 0. The summed E-state index contributed by atoms with van der Waals surface area (Å²) in [5.41, 5.74) is 8.41. The molecule has 3 heterocycles.